The highest BCUT2D eigenvalue weighted by Gasteiger charge is 2.30. The minimum absolute atomic E-state index is 0.0255. The Morgan fingerprint density at radius 1 is 1.03 bits per heavy atom. The molecule has 9 heteroatoms. The molecule has 0 saturated carbocycles. The third kappa shape index (κ3) is 5.98. The van der Waals surface area contributed by atoms with Crippen LogP contribution in [0.15, 0.2) is 48.5 Å². The summed E-state index contributed by atoms with van der Waals surface area (Å²) >= 11 is 0. The van der Waals surface area contributed by atoms with E-state index in [9.17, 15) is 14.4 Å². The molecule has 2 amide bonds. The predicted octanol–water partition coefficient (Wildman–Crippen LogP) is 2.90. The summed E-state index contributed by atoms with van der Waals surface area (Å²) in [7, 11) is 1.61. The Morgan fingerprint density at radius 2 is 1.63 bits per heavy atom. The number of carbonyl (C=O) groups is 3. The molecule has 0 bridgehead atoms. The lowest BCUT2D eigenvalue weighted by atomic mass is 9.98. The maximum atomic E-state index is 12.9. The van der Waals surface area contributed by atoms with Gasteiger partial charge in [0.2, 0.25) is 5.91 Å². The molecule has 0 spiro atoms. The van der Waals surface area contributed by atoms with Crippen molar-refractivity contribution >= 4 is 18.0 Å². The summed E-state index contributed by atoms with van der Waals surface area (Å²) in [6.45, 7) is 1.48. The molecule has 1 aliphatic carbocycles. The van der Waals surface area contributed by atoms with Gasteiger partial charge in [-0.05, 0) is 41.5 Å². The fourth-order valence-corrected chi connectivity index (χ4v) is 4.80. The Hall–Kier alpha value is -3.43. The molecule has 1 aliphatic heterocycles. The summed E-state index contributed by atoms with van der Waals surface area (Å²) in [5.41, 5.74) is 4.42. The molecule has 2 aromatic rings. The van der Waals surface area contributed by atoms with Crippen molar-refractivity contribution in [3.63, 3.8) is 0 Å². The van der Waals surface area contributed by atoms with E-state index >= 15 is 0 Å². The van der Waals surface area contributed by atoms with Crippen LogP contribution in [0.4, 0.5) is 4.79 Å². The molecule has 3 N–H and O–H groups in total. The number of amides is 2. The summed E-state index contributed by atoms with van der Waals surface area (Å²) in [4.78, 5) is 41.9. The maximum Gasteiger partial charge on any atom is 0.407 e. The number of alkyl carbamates (subject to hydrolysis) is 1. The molecule has 2 aliphatic rings. The first-order chi connectivity index (χ1) is 17.0. The smallest absolute Gasteiger partial charge is 0.407 e. The zero-order chi connectivity index (χ0) is 24.8. The lowest BCUT2D eigenvalue weighted by Gasteiger charge is -2.31. The second kappa shape index (κ2) is 11.3. The van der Waals surface area contributed by atoms with Crippen LogP contribution in [0.1, 0.15) is 42.7 Å². The lowest BCUT2D eigenvalue weighted by Crippen LogP contribution is -2.52. The first-order valence-corrected chi connectivity index (χ1v) is 11.9. The van der Waals surface area contributed by atoms with E-state index in [0.29, 0.717) is 25.9 Å². The van der Waals surface area contributed by atoms with Gasteiger partial charge in [-0.2, -0.15) is 5.06 Å². The number of nitrogens with zero attached hydrogens (tertiary/aromatic N) is 1. The number of carboxylic acids is 1. The van der Waals surface area contributed by atoms with Gasteiger partial charge in [0.25, 0.3) is 0 Å². The topological polar surface area (TPSA) is 117 Å². The fourth-order valence-electron chi connectivity index (χ4n) is 4.80. The van der Waals surface area contributed by atoms with Crippen LogP contribution in [-0.2, 0) is 19.2 Å². The van der Waals surface area contributed by atoms with Crippen molar-refractivity contribution in [2.45, 2.75) is 43.7 Å². The van der Waals surface area contributed by atoms with Gasteiger partial charge in [0.15, 0.2) is 0 Å². The maximum absolute atomic E-state index is 12.9. The molecule has 9 nitrogen and oxygen atoms in total. The van der Waals surface area contributed by atoms with Crippen molar-refractivity contribution in [1.29, 1.82) is 0 Å². The van der Waals surface area contributed by atoms with Gasteiger partial charge in [-0.1, -0.05) is 48.5 Å². The molecule has 1 unspecified atom stereocenters. The minimum Gasteiger partial charge on any atom is -0.481 e. The number of carboxylic acid groups (broad SMARTS) is 1. The largest absolute Gasteiger partial charge is 0.481 e. The van der Waals surface area contributed by atoms with E-state index in [1.807, 2.05) is 41.5 Å². The number of piperidine rings is 1. The second-order valence-electron chi connectivity index (χ2n) is 8.85. The molecule has 0 aromatic heterocycles. The summed E-state index contributed by atoms with van der Waals surface area (Å²) in [5, 5.41) is 16.4. The Bertz CT molecular complexity index is 1020. The number of hydrogen-bond donors (Lipinski definition) is 3. The van der Waals surface area contributed by atoms with E-state index in [1.54, 1.807) is 7.11 Å². The number of hydrogen-bond acceptors (Lipinski definition) is 6. The third-order valence-electron chi connectivity index (χ3n) is 6.66. The molecule has 1 saturated heterocycles. The quantitative estimate of drug-likeness (QED) is 0.504. The highest BCUT2D eigenvalue weighted by molar-refractivity contribution is 5.86. The van der Waals surface area contributed by atoms with Crippen molar-refractivity contribution < 1.29 is 29.1 Å². The molecule has 1 atom stereocenters. The van der Waals surface area contributed by atoms with Gasteiger partial charge >= 0.3 is 12.1 Å². The third-order valence-corrected chi connectivity index (χ3v) is 6.66. The Labute approximate surface area is 204 Å². The van der Waals surface area contributed by atoms with Gasteiger partial charge in [-0.25, -0.2) is 4.79 Å². The summed E-state index contributed by atoms with van der Waals surface area (Å²) in [6, 6.07) is 15.0. The highest BCUT2D eigenvalue weighted by atomic mass is 16.7. The van der Waals surface area contributed by atoms with Crippen LogP contribution >= 0.6 is 0 Å². The number of benzene rings is 2. The average molecular weight is 482 g/mol. The molecule has 2 aromatic carbocycles. The molecule has 1 fully saturated rings. The van der Waals surface area contributed by atoms with Crippen LogP contribution in [0.5, 0.6) is 0 Å². The van der Waals surface area contributed by atoms with Gasteiger partial charge in [0, 0.05) is 31.5 Å². The number of nitrogens with one attached hydrogen (secondary N) is 2. The van der Waals surface area contributed by atoms with Crippen molar-refractivity contribution in [2.75, 3.05) is 26.8 Å². The molecular formula is C26H31N3O6. The predicted molar refractivity (Wildman–Crippen MR) is 129 cm³/mol. The number of rotatable bonds is 9. The van der Waals surface area contributed by atoms with Gasteiger partial charge in [-0.3, -0.25) is 9.59 Å². The highest BCUT2D eigenvalue weighted by Crippen LogP contribution is 2.44. The van der Waals surface area contributed by atoms with E-state index in [2.05, 4.69) is 22.8 Å². The zero-order valence-corrected chi connectivity index (χ0v) is 19.7. The Morgan fingerprint density at radius 3 is 2.20 bits per heavy atom. The number of hydroxylamine groups is 2. The van der Waals surface area contributed by atoms with E-state index in [0.717, 1.165) is 22.3 Å². The van der Waals surface area contributed by atoms with Crippen molar-refractivity contribution in [2.24, 2.45) is 0 Å². The minimum atomic E-state index is -1.04. The standard InChI is InChI=1S/C26H31N3O6/c1-34-29-14-12-17(13-15-29)27-25(32)23(10-11-24(30)31)28-26(33)35-16-22-20-8-4-2-6-18(20)19-7-3-5-9-21(19)22/h2-9,17,22-23H,10-16H2,1H3,(H,27,32)(H,28,33)(H,30,31). The number of ether oxygens (including phenoxy) is 1. The summed E-state index contributed by atoms with van der Waals surface area (Å²) in [5.74, 6) is -1.55. The first kappa shape index (κ1) is 24.7. The summed E-state index contributed by atoms with van der Waals surface area (Å²) < 4.78 is 5.55. The zero-order valence-electron chi connectivity index (χ0n) is 19.7. The average Bonchev–Trinajstić information content (AvgIpc) is 3.19. The van der Waals surface area contributed by atoms with Gasteiger partial charge in [0.05, 0.1) is 7.11 Å². The van der Waals surface area contributed by atoms with Crippen LogP contribution in [0.3, 0.4) is 0 Å². The fraction of sp³-hybridized carbons (Fsp3) is 0.423. The second-order valence-corrected chi connectivity index (χ2v) is 8.85. The number of carbonyl (C=O) groups excluding carboxylic acids is 2. The van der Waals surface area contributed by atoms with E-state index in [-0.39, 0.29) is 31.4 Å². The van der Waals surface area contributed by atoms with Crippen LogP contribution in [0.2, 0.25) is 0 Å². The molecule has 1 heterocycles. The SMILES string of the molecule is CON1CCC(NC(=O)C(CCC(=O)O)NC(=O)OCC2c3ccccc3-c3ccccc32)CC1. The summed E-state index contributed by atoms with van der Waals surface area (Å²) in [6.07, 6.45) is 0.394. The van der Waals surface area contributed by atoms with Crippen LogP contribution in [0, 0.1) is 0 Å². The molecule has 4 rings (SSSR count). The van der Waals surface area contributed by atoms with Crippen molar-refractivity contribution in [1.82, 2.24) is 15.7 Å². The Balaban J connectivity index is 1.36. The van der Waals surface area contributed by atoms with Gasteiger partial charge in [0.1, 0.15) is 12.6 Å². The van der Waals surface area contributed by atoms with Crippen molar-refractivity contribution in [3.05, 3.63) is 59.7 Å². The van der Waals surface area contributed by atoms with E-state index < -0.39 is 24.0 Å². The first-order valence-electron chi connectivity index (χ1n) is 11.9. The monoisotopic (exact) mass is 481 g/mol. The van der Waals surface area contributed by atoms with Crippen LogP contribution in [-0.4, -0.2) is 67.0 Å². The molecule has 0 radical (unpaired) electrons. The van der Waals surface area contributed by atoms with Gasteiger partial charge in [-0.15, -0.1) is 0 Å². The molecule has 35 heavy (non-hydrogen) atoms. The van der Waals surface area contributed by atoms with Crippen LogP contribution in [0.25, 0.3) is 11.1 Å². The number of aliphatic carboxylic acids is 1. The van der Waals surface area contributed by atoms with Crippen LogP contribution < -0.4 is 10.6 Å². The Kier molecular flexibility index (Phi) is 7.99. The molecular weight excluding hydrogens is 450 g/mol. The lowest BCUT2D eigenvalue weighted by molar-refractivity contribution is -0.146. The van der Waals surface area contributed by atoms with Crippen molar-refractivity contribution in [3.8, 4) is 11.1 Å². The molecule has 186 valence electrons. The van der Waals surface area contributed by atoms with E-state index in [1.165, 1.54) is 0 Å². The van der Waals surface area contributed by atoms with Gasteiger partial charge < -0.3 is 25.3 Å². The van der Waals surface area contributed by atoms with E-state index in [4.69, 9.17) is 14.7 Å². The normalized spacial score (nSPS) is 16.7. The number of fused-ring (bicyclic) bond motifs is 3.